The van der Waals surface area contributed by atoms with Gasteiger partial charge in [0.25, 0.3) is 6.43 Å². The maximum atomic E-state index is 14.1. The van der Waals surface area contributed by atoms with Gasteiger partial charge in [-0.3, -0.25) is 9.69 Å². The number of carbonyl (C=O) groups excluding carboxylic acids is 1. The zero-order valence-corrected chi connectivity index (χ0v) is 25.2. The largest absolute Gasteiger partial charge is 0.457 e. The van der Waals surface area contributed by atoms with Gasteiger partial charge in [0, 0.05) is 69.2 Å². The van der Waals surface area contributed by atoms with Crippen molar-refractivity contribution in [2.75, 3.05) is 39.8 Å². The quantitative estimate of drug-likeness (QED) is 0.259. The number of fused-ring (bicyclic) bond motifs is 2. The Bertz CT molecular complexity index is 1630. The van der Waals surface area contributed by atoms with Gasteiger partial charge in [0.15, 0.2) is 0 Å². The van der Waals surface area contributed by atoms with Crippen molar-refractivity contribution in [3.05, 3.63) is 88.2 Å². The number of hydrogen-bond donors (Lipinski definition) is 2. The molecule has 0 bridgehead atoms. The first-order valence-corrected chi connectivity index (χ1v) is 15.3. The lowest BCUT2D eigenvalue weighted by molar-refractivity contribution is -0.131. The third-order valence-electron chi connectivity index (χ3n) is 8.94. The maximum absolute atomic E-state index is 14.1. The number of nitrogens with zero attached hydrogens (tertiary/aromatic N) is 4. The highest BCUT2D eigenvalue weighted by Crippen LogP contribution is 2.36. The first-order valence-electron chi connectivity index (χ1n) is 15.3. The predicted octanol–water partition coefficient (Wildman–Crippen LogP) is 5.61. The number of aliphatic hydroxyl groups excluding tert-OH is 1. The van der Waals surface area contributed by atoms with Crippen LogP contribution in [-0.2, 0) is 30.9 Å². The number of benzene rings is 2. The minimum absolute atomic E-state index is 0.0187. The molecule has 6 rings (SSSR count). The molecule has 8 nitrogen and oxygen atoms in total. The Morgan fingerprint density at radius 1 is 1.11 bits per heavy atom. The van der Waals surface area contributed by atoms with Crippen molar-refractivity contribution < 1.29 is 23.4 Å². The Morgan fingerprint density at radius 3 is 2.68 bits per heavy atom. The molecule has 0 spiro atoms. The van der Waals surface area contributed by atoms with E-state index in [0.29, 0.717) is 53.6 Å². The van der Waals surface area contributed by atoms with E-state index in [4.69, 9.17) is 4.74 Å². The molecule has 0 saturated carbocycles. The van der Waals surface area contributed by atoms with Gasteiger partial charge < -0.3 is 24.6 Å². The molecule has 1 fully saturated rings. The normalized spacial score (nSPS) is 17.8. The summed E-state index contributed by atoms with van der Waals surface area (Å²) < 4.78 is 34.5. The zero-order chi connectivity index (χ0) is 30.8. The molecule has 4 heterocycles. The van der Waals surface area contributed by atoms with Crippen molar-refractivity contribution in [1.82, 2.24) is 24.7 Å². The summed E-state index contributed by atoms with van der Waals surface area (Å²) in [5.74, 6) is 1.35. The van der Waals surface area contributed by atoms with Crippen molar-refractivity contribution in [2.24, 2.45) is 0 Å². The standard InChI is InChI=1S/C34H39F2N5O3/c1-3-23-19-41(32(43)15-22-4-5-24(29(14-22)33(35)36)18-40-12-10-39(2)11-13-40)20-25-16-27(6-7-28(23)25)44-31-8-9-37-34-30(31)17-26(21-42)38-34/h4-9,14,16-17,23,33,42H,3,10-13,15,18-21H2,1-2H3,(H,37,38)/t23-/m1/s1. The summed E-state index contributed by atoms with van der Waals surface area (Å²) in [7, 11) is 2.07. The van der Waals surface area contributed by atoms with Crippen LogP contribution in [0.25, 0.3) is 11.0 Å². The molecule has 2 aliphatic heterocycles. The smallest absolute Gasteiger partial charge is 0.264 e. The number of likely N-dealkylation sites (N-methyl/N-ethyl adjacent to an activating group) is 1. The van der Waals surface area contributed by atoms with Crippen LogP contribution in [0.1, 0.15) is 59.2 Å². The average Bonchev–Trinajstić information content (AvgIpc) is 3.47. The van der Waals surface area contributed by atoms with Crippen molar-refractivity contribution in [1.29, 1.82) is 0 Å². The number of amides is 1. The third-order valence-corrected chi connectivity index (χ3v) is 8.94. The number of H-pyrrole nitrogens is 1. The minimum Gasteiger partial charge on any atom is -0.457 e. The van der Waals surface area contributed by atoms with Crippen molar-refractivity contribution >= 4 is 16.9 Å². The van der Waals surface area contributed by atoms with E-state index in [1.807, 2.05) is 29.2 Å². The summed E-state index contributed by atoms with van der Waals surface area (Å²) in [6.07, 6.45) is -0.00206. The number of alkyl halides is 2. The minimum atomic E-state index is -2.60. The van der Waals surface area contributed by atoms with E-state index in [-0.39, 0.29) is 30.4 Å². The predicted molar refractivity (Wildman–Crippen MR) is 165 cm³/mol. The molecule has 232 valence electrons. The van der Waals surface area contributed by atoms with E-state index in [1.165, 1.54) is 11.6 Å². The topological polar surface area (TPSA) is 84.9 Å². The van der Waals surface area contributed by atoms with Crippen molar-refractivity contribution in [3.63, 3.8) is 0 Å². The SMILES string of the molecule is CC[C@@H]1CN(C(=O)Cc2ccc(CN3CCN(C)CC3)c(C(F)F)c2)Cc2cc(Oc3ccnc4[nH]c(CO)cc34)ccc21. The van der Waals surface area contributed by atoms with Gasteiger partial charge in [-0.15, -0.1) is 0 Å². The summed E-state index contributed by atoms with van der Waals surface area (Å²) in [6, 6.07) is 14.7. The number of nitrogens with one attached hydrogen (secondary N) is 1. The molecule has 0 unspecified atom stereocenters. The van der Waals surface area contributed by atoms with E-state index in [1.54, 1.807) is 18.3 Å². The highest BCUT2D eigenvalue weighted by atomic mass is 19.3. The fraction of sp³-hybridized carbons (Fsp3) is 0.412. The molecule has 10 heteroatoms. The van der Waals surface area contributed by atoms with Crippen LogP contribution in [0, 0.1) is 0 Å². The molecule has 2 aliphatic rings. The molecule has 2 N–H and O–H groups in total. The second kappa shape index (κ2) is 13.0. The van der Waals surface area contributed by atoms with Crippen LogP contribution in [0.5, 0.6) is 11.5 Å². The Morgan fingerprint density at radius 2 is 1.93 bits per heavy atom. The Kier molecular flexibility index (Phi) is 8.93. The second-order valence-electron chi connectivity index (χ2n) is 12.0. The van der Waals surface area contributed by atoms with Crippen LogP contribution in [0.3, 0.4) is 0 Å². The molecule has 44 heavy (non-hydrogen) atoms. The van der Waals surface area contributed by atoms with E-state index in [0.717, 1.165) is 43.5 Å². The maximum Gasteiger partial charge on any atom is 0.264 e. The number of piperazine rings is 1. The van der Waals surface area contributed by atoms with Crippen LogP contribution in [-0.4, -0.2) is 75.5 Å². The number of carbonyl (C=O) groups is 1. The van der Waals surface area contributed by atoms with Gasteiger partial charge in [-0.2, -0.15) is 0 Å². The fourth-order valence-corrected chi connectivity index (χ4v) is 6.35. The average molecular weight is 604 g/mol. The number of ether oxygens (including phenoxy) is 1. The Labute approximate surface area is 256 Å². The first kappa shape index (κ1) is 30.2. The van der Waals surface area contributed by atoms with Gasteiger partial charge in [0.1, 0.15) is 17.1 Å². The van der Waals surface area contributed by atoms with E-state index in [2.05, 4.69) is 39.8 Å². The lowest BCUT2D eigenvalue weighted by Gasteiger charge is -2.35. The number of hydrogen-bond acceptors (Lipinski definition) is 6. The molecule has 1 saturated heterocycles. The zero-order valence-electron chi connectivity index (χ0n) is 25.2. The number of pyridine rings is 1. The van der Waals surface area contributed by atoms with Gasteiger partial charge in [-0.1, -0.05) is 25.1 Å². The molecule has 4 aromatic rings. The first-order chi connectivity index (χ1) is 21.3. The lowest BCUT2D eigenvalue weighted by Crippen LogP contribution is -2.44. The van der Waals surface area contributed by atoms with Gasteiger partial charge in [0.05, 0.1) is 18.4 Å². The summed E-state index contributed by atoms with van der Waals surface area (Å²) in [6.45, 7) is 7.04. The number of aliphatic hydroxyl groups is 1. The Hall–Kier alpha value is -3.86. The monoisotopic (exact) mass is 603 g/mol. The molecular weight excluding hydrogens is 564 g/mol. The molecule has 2 aromatic carbocycles. The third kappa shape index (κ3) is 6.47. The van der Waals surface area contributed by atoms with Gasteiger partial charge in [0.2, 0.25) is 5.91 Å². The molecule has 1 amide bonds. The van der Waals surface area contributed by atoms with Crippen LogP contribution in [0.4, 0.5) is 8.78 Å². The van der Waals surface area contributed by atoms with Crippen molar-refractivity contribution in [2.45, 2.75) is 51.8 Å². The highest BCUT2D eigenvalue weighted by Gasteiger charge is 2.28. The highest BCUT2D eigenvalue weighted by molar-refractivity contribution is 5.83. The van der Waals surface area contributed by atoms with Crippen LogP contribution in [0.2, 0.25) is 0 Å². The fourth-order valence-electron chi connectivity index (χ4n) is 6.35. The molecule has 0 aliphatic carbocycles. The lowest BCUT2D eigenvalue weighted by atomic mass is 9.87. The summed E-state index contributed by atoms with van der Waals surface area (Å²) >= 11 is 0. The number of aromatic nitrogens is 2. The molecular formula is C34H39F2N5O3. The summed E-state index contributed by atoms with van der Waals surface area (Å²) in [4.78, 5) is 27.3. The molecule has 1 atom stereocenters. The van der Waals surface area contributed by atoms with Crippen LogP contribution in [0.15, 0.2) is 54.7 Å². The van der Waals surface area contributed by atoms with Gasteiger partial charge >= 0.3 is 0 Å². The van der Waals surface area contributed by atoms with Crippen LogP contribution >= 0.6 is 0 Å². The van der Waals surface area contributed by atoms with E-state index < -0.39 is 6.43 Å². The summed E-state index contributed by atoms with van der Waals surface area (Å²) in [5, 5.41) is 10.3. The van der Waals surface area contributed by atoms with Crippen molar-refractivity contribution in [3.8, 4) is 11.5 Å². The van der Waals surface area contributed by atoms with Crippen LogP contribution < -0.4 is 4.74 Å². The van der Waals surface area contributed by atoms with E-state index >= 15 is 0 Å². The number of rotatable bonds is 9. The second-order valence-corrected chi connectivity index (χ2v) is 12.0. The molecule has 0 radical (unpaired) electrons. The van der Waals surface area contributed by atoms with E-state index in [9.17, 15) is 18.7 Å². The molecule has 2 aromatic heterocycles. The number of aromatic amines is 1. The Balaban J connectivity index is 1.17. The number of halogens is 2. The summed E-state index contributed by atoms with van der Waals surface area (Å²) in [5.41, 5.74) is 4.75. The van der Waals surface area contributed by atoms with Gasteiger partial charge in [-0.25, -0.2) is 13.8 Å². The van der Waals surface area contributed by atoms with Gasteiger partial charge in [-0.05, 0) is 66.1 Å².